The summed E-state index contributed by atoms with van der Waals surface area (Å²) in [5, 5.41) is 4.70. The molecule has 2 heterocycles. The molecular weight excluding hydrogens is 308 g/mol. The number of ether oxygens (including phenoxy) is 1. The molecule has 0 amide bonds. The van der Waals surface area contributed by atoms with Crippen LogP contribution in [-0.4, -0.2) is 22.0 Å². The maximum atomic E-state index is 12.5. The molecule has 0 aliphatic carbocycles. The number of rotatable bonds is 5. The van der Waals surface area contributed by atoms with Crippen LogP contribution in [0.25, 0.3) is 0 Å². The Kier molecular flexibility index (Phi) is 4.22. The summed E-state index contributed by atoms with van der Waals surface area (Å²) in [5.74, 6) is 0.857. The second-order valence-corrected chi connectivity index (χ2v) is 6.24. The molecule has 0 fully saturated rings. The highest BCUT2D eigenvalue weighted by Gasteiger charge is 2.22. The highest BCUT2D eigenvalue weighted by atomic mass is 35.5. The number of ketones is 1. The van der Waals surface area contributed by atoms with Gasteiger partial charge < -0.3 is 4.74 Å². The van der Waals surface area contributed by atoms with Gasteiger partial charge in [0, 0.05) is 23.4 Å². The van der Waals surface area contributed by atoms with Crippen molar-refractivity contribution in [3.05, 3.63) is 38.9 Å². The number of fused-ring (bicyclic) bond motifs is 1. The molecule has 0 bridgehead atoms. The zero-order valence-electron chi connectivity index (χ0n) is 11.7. The topological polar surface area (TPSA) is 52.1 Å². The summed E-state index contributed by atoms with van der Waals surface area (Å²) < 4.78 is 9.55. The molecule has 1 aliphatic heterocycles. The van der Waals surface area contributed by atoms with Gasteiger partial charge in [-0.2, -0.15) is 0 Å². The van der Waals surface area contributed by atoms with Crippen molar-refractivity contribution in [1.82, 2.24) is 9.59 Å². The van der Waals surface area contributed by atoms with Crippen LogP contribution in [0.3, 0.4) is 0 Å². The second-order valence-electron chi connectivity index (χ2n) is 5.05. The van der Waals surface area contributed by atoms with Gasteiger partial charge in [-0.1, -0.05) is 29.4 Å². The molecular formula is C15H15ClN2O2S. The molecule has 3 rings (SSSR count). The number of aryl methyl sites for hydroxylation is 1. The minimum Gasteiger partial charge on any atom is -0.493 e. The van der Waals surface area contributed by atoms with E-state index in [1.165, 1.54) is 11.5 Å². The van der Waals surface area contributed by atoms with Crippen LogP contribution in [-0.2, 0) is 19.3 Å². The van der Waals surface area contributed by atoms with Crippen molar-refractivity contribution in [2.45, 2.75) is 32.6 Å². The summed E-state index contributed by atoms with van der Waals surface area (Å²) in [6, 6.07) is 3.73. The van der Waals surface area contributed by atoms with E-state index in [-0.39, 0.29) is 12.2 Å². The first kappa shape index (κ1) is 14.5. The molecule has 0 radical (unpaired) electrons. The Bertz CT molecular complexity index is 684. The van der Waals surface area contributed by atoms with Gasteiger partial charge in [0.2, 0.25) is 0 Å². The van der Waals surface area contributed by atoms with Crippen molar-refractivity contribution in [2.75, 3.05) is 6.61 Å². The van der Waals surface area contributed by atoms with Crippen molar-refractivity contribution in [3.63, 3.8) is 0 Å². The van der Waals surface area contributed by atoms with E-state index in [1.807, 2.05) is 12.1 Å². The summed E-state index contributed by atoms with van der Waals surface area (Å²) in [5.41, 5.74) is 2.74. The minimum atomic E-state index is 0.0356. The highest BCUT2D eigenvalue weighted by molar-refractivity contribution is 7.08. The number of halogens is 1. The van der Waals surface area contributed by atoms with E-state index in [1.54, 1.807) is 0 Å². The molecule has 6 heteroatoms. The predicted molar refractivity (Wildman–Crippen MR) is 82.6 cm³/mol. The first-order valence-corrected chi connectivity index (χ1v) is 8.12. The number of nitrogens with zero attached hydrogens (tertiary/aromatic N) is 2. The van der Waals surface area contributed by atoms with Crippen LogP contribution in [0.1, 0.15) is 39.8 Å². The molecule has 0 spiro atoms. The minimum absolute atomic E-state index is 0.0356. The Morgan fingerprint density at radius 3 is 3.14 bits per heavy atom. The van der Waals surface area contributed by atoms with Crippen LogP contribution in [0.4, 0.5) is 0 Å². The Hall–Kier alpha value is -1.46. The van der Waals surface area contributed by atoms with E-state index in [2.05, 4.69) is 16.5 Å². The fourth-order valence-corrected chi connectivity index (χ4v) is 3.46. The van der Waals surface area contributed by atoms with Crippen LogP contribution in [0.15, 0.2) is 12.1 Å². The Labute approximate surface area is 132 Å². The number of hydrogen-bond donors (Lipinski definition) is 0. The molecule has 0 saturated heterocycles. The fraction of sp³-hybridized carbons (Fsp3) is 0.400. The van der Waals surface area contributed by atoms with Gasteiger partial charge in [0.15, 0.2) is 5.78 Å². The standard InChI is InChI=1S/C15H15ClN2O2S/c1-2-3-12-15(21-18-17-12)13(19)8-10-7-11(16)6-9-4-5-20-14(9)10/h6-7H,2-5,8H2,1H3. The average Bonchev–Trinajstić information content (AvgIpc) is 3.07. The SMILES string of the molecule is CCCc1nnsc1C(=O)Cc1cc(Cl)cc2c1OCC2. The van der Waals surface area contributed by atoms with E-state index in [0.717, 1.165) is 41.8 Å². The lowest BCUT2D eigenvalue weighted by atomic mass is 10.0. The van der Waals surface area contributed by atoms with E-state index >= 15 is 0 Å². The highest BCUT2D eigenvalue weighted by Crippen LogP contribution is 2.33. The van der Waals surface area contributed by atoms with Crippen LogP contribution in [0, 0.1) is 0 Å². The van der Waals surface area contributed by atoms with Crippen LogP contribution in [0.2, 0.25) is 5.02 Å². The number of carbonyl (C=O) groups is 1. The molecule has 1 aromatic carbocycles. The lowest BCUT2D eigenvalue weighted by Gasteiger charge is -2.08. The van der Waals surface area contributed by atoms with E-state index in [9.17, 15) is 4.79 Å². The zero-order chi connectivity index (χ0) is 14.8. The van der Waals surface area contributed by atoms with E-state index in [0.29, 0.717) is 16.5 Å². The third kappa shape index (κ3) is 2.94. The van der Waals surface area contributed by atoms with Crippen LogP contribution < -0.4 is 4.74 Å². The molecule has 0 N–H and O–H groups in total. The normalized spacial score (nSPS) is 13.0. The third-order valence-corrected chi connectivity index (χ3v) is 4.50. The molecule has 1 aliphatic rings. The van der Waals surface area contributed by atoms with E-state index < -0.39 is 0 Å². The summed E-state index contributed by atoms with van der Waals surface area (Å²) >= 11 is 7.30. The smallest absolute Gasteiger partial charge is 0.180 e. The summed E-state index contributed by atoms with van der Waals surface area (Å²) in [4.78, 5) is 13.2. The lowest BCUT2D eigenvalue weighted by molar-refractivity contribution is 0.0995. The average molecular weight is 323 g/mol. The largest absolute Gasteiger partial charge is 0.493 e. The van der Waals surface area contributed by atoms with Crippen LogP contribution in [0.5, 0.6) is 5.75 Å². The Morgan fingerprint density at radius 2 is 2.33 bits per heavy atom. The van der Waals surface area contributed by atoms with Crippen molar-refractivity contribution >= 4 is 28.9 Å². The van der Waals surface area contributed by atoms with Crippen molar-refractivity contribution < 1.29 is 9.53 Å². The summed E-state index contributed by atoms with van der Waals surface area (Å²) in [7, 11) is 0. The predicted octanol–water partition coefficient (Wildman–Crippen LogP) is 3.50. The van der Waals surface area contributed by atoms with Gasteiger partial charge in [0.25, 0.3) is 0 Å². The second kappa shape index (κ2) is 6.12. The first-order valence-electron chi connectivity index (χ1n) is 6.97. The molecule has 0 saturated carbocycles. The molecule has 2 aromatic rings. The fourth-order valence-electron chi connectivity index (χ4n) is 2.55. The molecule has 1 aromatic heterocycles. The van der Waals surface area contributed by atoms with Crippen LogP contribution >= 0.6 is 23.1 Å². The molecule has 0 atom stereocenters. The number of carbonyl (C=O) groups excluding carboxylic acids is 1. The molecule has 110 valence electrons. The van der Waals surface area contributed by atoms with Gasteiger partial charge in [-0.25, -0.2) is 0 Å². The van der Waals surface area contributed by atoms with Gasteiger partial charge in [0.05, 0.1) is 12.3 Å². The maximum Gasteiger partial charge on any atom is 0.180 e. The first-order chi connectivity index (χ1) is 10.2. The number of aromatic nitrogens is 2. The van der Waals surface area contributed by atoms with Gasteiger partial charge >= 0.3 is 0 Å². The quantitative estimate of drug-likeness (QED) is 0.790. The maximum absolute atomic E-state index is 12.5. The lowest BCUT2D eigenvalue weighted by Crippen LogP contribution is -2.06. The van der Waals surface area contributed by atoms with E-state index in [4.69, 9.17) is 16.3 Å². The van der Waals surface area contributed by atoms with Crippen molar-refractivity contribution in [1.29, 1.82) is 0 Å². The van der Waals surface area contributed by atoms with Gasteiger partial charge in [-0.05, 0) is 35.6 Å². The summed E-state index contributed by atoms with van der Waals surface area (Å²) in [6.45, 7) is 2.71. The number of Topliss-reactive ketones (excluding diaryl/α,β-unsaturated/α-hetero) is 1. The molecule has 4 nitrogen and oxygen atoms in total. The van der Waals surface area contributed by atoms with Crippen molar-refractivity contribution in [2.24, 2.45) is 0 Å². The monoisotopic (exact) mass is 322 g/mol. The van der Waals surface area contributed by atoms with Crippen molar-refractivity contribution in [3.8, 4) is 5.75 Å². The third-order valence-electron chi connectivity index (χ3n) is 3.47. The van der Waals surface area contributed by atoms with Gasteiger partial charge in [-0.3, -0.25) is 4.79 Å². The van der Waals surface area contributed by atoms with Gasteiger partial charge in [-0.15, -0.1) is 5.10 Å². The number of hydrogen-bond acceptors (Lipinski definition) is 5. The Morgan fingerprint density at radius 1 is 1.48 bits per heavy atom. The Balaban J connectivity index is 1.87. The summed E-state index contributed by atoms with van der Waals surface area (Å²) in [6.07, 6.45) is 2.85. The zero-order valence-corrected chi connectivity index (χ0v) is 13.3. The number of benzene rings is 1. The molecule has 0 unspecified atom stereocenters. The molecule has 21 heavy (non-hydrogen) atoms. The van der Waals surface area contributed by atoms with Gasteiger partial charge in [0.1, 0.15) is 10.6 Å².